The zero-order valence-corrected chi connectivity index (χ0v) is 15.9. The van der Waals surface area contributed by atoms with Crippen LogP contribution >= 0.6 is 0 Å². The maximum absolute atomic E-state index is 12.7. The topological polar surface area (TPSA) is 93.9 Å². The SMILES string of the molecule is CCOCCCN(Cc1nc(C(=O)OC)co1)C(=O)Nc1ccc(C)cc1. The number of carbonyl (C=O) groups is 2. The van der Waals surface area contributed by atoms with E-state index in [-0.39, 0.29) is 24.2 Å². The number of carbonyl (C=O) groups excluding carboxylic acids is 2. The first kappa shape index (κ1) is 20.4. The Hall–Kier alpha value is -2.87. The summed E-state index contributed by atoms with van der Waals surface area (Å²) in [6.07, 6.45) is 1.89. The monoisotopic (exact) mass is 375 g/mol. The van der Waals surface area contributed by atoms with E-state index >= 15 is 0 Å². The highest BCUT2D eigenvalue weighted by molar-refractivity contribution is 5.89. The van der Waals surface area contributed by atoms with E-state index in [1.165, 1.54) is 13.4 Å². The van der Waals surface area contributed by atoms with Crippen LogP contribution in [-0.2, 0) is 16.0 Å². The van der Waals surface area contributed by atoms with Crippen molar-refractivity contribution >= 4 is 17.7 Å². The predicted molar refractivity (Wildman–Crippen MR) is 99.6 cm³/mol. The smallest absolute Gasteiger partial charge is 0.360 e. The van der Waals surface area contributed by atoms with Crippen molar-refractivity contribution in [2.24, 2.45) is 0 Å². The molecule has 2 rings (SSSR count). The Balaban J connectivity index is 2.04. The van der Waals surface area contributed by atoms with Gasteiger partial charge >= 0.3 is 12.0 Å². The van der Waals surface area contributed by atoms with Crippen LogP contribution in [0.2, 0.25) is 0 Å². The first-order valence-electron chi connectivity index (χ1n) is 8.76. The van der Waals surface area contributed by atoms with Crippen molar-refractivity contribution in [2.75, 3.05) is 32.2 Å². The maximum Gasteiger partial charge on any atom is 0.360 e. The second kappa shape index (κ2) is 10.3. The van der Waals surface area contributed by atoms with Crippen LogP contribution in [0.25, 0.3) is 0 Å². The summed E-state index contributed by atoms with van der Waals surface area (Å²) in [5, 5.41) is 2.86. The predicted octanol–water partition coefficient (Wildman–Crippen LogP) is 3.23. The van der Waals surface area contributed by atoms with E-state index < -0.39 is 5.97 Å². The van der Waals surface area contributed by atoms with Crippen molar-refractivity contribution in [3.63, 3.8) is 0 Å². The molecule has 0 saturated carbocycles. The van der Waals surface area contributed by atoms with Crippen LogP contribution in [0.15, 0.2) is 34.9 Å². The van der Waals surface area contributed by atoms with Gasteiger partial charge in [0.05, 0.1) is 13.7 Å². The molecule has 0 spiro atoms. The fraction of sp³-hybridized carbons (Fsp3) is 0.421. The number of hydrogen-bond acceptors (Lipinski definition) is 6. The molecule has 0 saturated heterocycles. The quantitative estimate of drug-likeness (QED) is 0.534. The lowest BCUT2D eigenvalue weighted by Crippen LogP contribution is -2.35. The van der Waals surface area contributed by atoms with Gasteiger partial charge in [0, 0.05) is 25.4 Å². The number of methoxy groups -OCH3 is 1. The lowest BCUT2D eigenvalue weighted by Gasteiger charge is -2.21. The number of nitrogens with zero attached hydrogens (tertiary/aromatic N) is 2. The number of urea groups is 1. The highest BCUT2D eigenvalue weighted by Crippen LogP contribution is 2.12. The number of aromatic nitrogens is 1. The number of oxazole rings is 1. The minimum atomic E-state index is -0.586. The van der Waals surface area contributed by atoms with Gasteiger partial charge in [-0.3, -0.25) is 0 Å². The van der Waals surface area contributed by atoms with Crippen molar-refractivity contribution < 1.29 is 23.5 Å². The molecular weight excluding hydrogens is 350 g/mol. The van der Waals surface area contributed by atoms with Gasteiger partial charge < -0.3 is 24.1 Å². The lowest BCUT2D eigenvalue weighted by atomic mass is 10.2. The van der Waals surface area contributed by atoms with Gasteiger partial charge in [0.15, 0.2) is 5.69 Å². The van der Waals surface area contributed by atoms with E-state index in [4.69, 9.17) is 9.15 Å². The van der Waals surface area contributed by atoms with Crippen LogP contribution < -0.4 is 5.32 Å². The number of amides is 2. The summed E-state index contributed by atoms with van der Waals surface area (Å²) in [5.41, 5.74) is 1.88. The van der Waals surface area contributed by atoms with Crippen molar-refractivity contribution in [3.05, 3.63) is 47.7 Å². The van der Waals surface area contributed by atoms with Crippen molar-refractivity contribution in [1.82, 2.24) is 9.88 Å². The zero-order chi connectivity index (χ0) is 19.6. The van der Waals surface area contributed by atoms with Gasteiger partial charge in [-0.2, -0.15) is 0 Å². The highest BCUT2D eigenvalue weighted by atomic mass is 16.5. The number of aryl methyl sites for hydroxylation is 1. The van der Waals surface area contributed by atoms with Crippen molar-refractivity contribution in [2.45, 2.75) is 26.8 Å². The third-order valence-corrected chi connectivity index (χ3v) is 3.78. The molecule has 0 aliphatic heterocycles. The summed E-state index contributed by atoms with van der Waals surface area (Å²) >= 11 is 0. The van der Waals surface area contributed by atoms with E-state index in [0.29, 0.717) is 31.9 Å². The Morgan fingerprint density at radius 3 is 2.67 bits per heavy atom. The highest BCUT2D eigenvalue weighted by Gasteiger charge is 2.19. The Labute approximate surface area is 158 Å². The summed E-state index contributed by atoms with van der Waals surface area (Å²) in [6, 6.07) is 7.24. The number of rotatable bonds is 9. The summed E-state index contributed by atoms with van der Waals surface area (Å²) in [5.74, 6) is -0.331. The van der Waals surface area contributed by atoms with Crippen molar-refractivity contribution in [3.8, 4) is 0 Å². The number of anilines is 1. The third kappa shape index (κ3) is 6.41. The van der Waals surface area contributed by atoms with Gasteiger partial charge in [-0.15, -0.1) is 0 Å². The number of nitrogens with one attached hydrogen (secondary N) is 1. The molecule has 0 aliphatic carbocycles. The fourth-order valence-electron chi connectivity index (χ4n) is 2.34. The van der Waals surface area contributed by atoms with Crippen LogP contribution in [0, 0.1) is 6.92 Å². The molecule has 0 aliphatic rings. The molecule has 2 aromatic rings. The van der Waals surface area contributed by atoms with Crippen LogP contribution in [0.1, 0.15) is 35.3 Å². The fourth-order valence-corrected chi connectivity index (χ4v) is 2.34. The standard InChI is InChI=1S/C19H25N3O5/c1-4-26-11-5-10-22(12-17-21-16(13-27-17)18(23)25-3)19(24)20-15-8-6-14(2)7-9-15/h6-9,13H,4-5,10-12H2,1-3H3,(H,20,24). The minimum absolute atomic E-state index is 0.0701. The first-order valence-corrected chi connectivity index (χ1v) is 8.76. The molecule has 1 aromatic carbocycles. The second-order valence-electron chi connectivity index (χ2n) is 5.89. The molecule has 1 aromatic heterocycles. The summed E-state index contributed by atoms with van der Waals surface area (Å²) in [4.78, 5) is 29.8. The van der Waals surface area contributed by atoms with Gasteiger partial charge in [-0.05, 0) is 32.4 Å². The Morgan fingerprint density at radius 1 is 1.26 bits per heavy atom. The number of ether oxygens (including phenoxy) is 2. The molecule has 1 N–H and O–H groups in total. The van der Waals surface area contributed by atoms with Crippen LogP contribution in [0.3, 0.4) is 0 Å². The summed E-state index contributed by atoms with van der Waals surface area (Å²) in [6.45, 7) is 5.64. The summed E-state index contributed by atoms with van der Waals surface area (Å²) in [7, 11) is 1.27. The third-order valence-electron chi connectivity index (χ3n) is 3.78. The van der Waals surface area contributed by atoms with E-state index in [1.807, 2.05) is 38.1 Å². The van der Waals surface area contributed by atoms with E-state index in [9.17, 15) is 9.59 Å². The normalized spacial score (nSPS) is 10.5. The maximum atomic E-state index is 12.7. The van der Waals surface area contributed by atoms with Gasteiger partial charge in [0.2, 0.25) is 5.89 Å². The molecule has 27 heavy (non-hydrogen) atoms. The molecule has 8 heteroatoms. The van der Waals surface area contributed by atoms with Crippen LogP contribution in [0.4, 0.5) is 10.5 Å². The average Bonchev–Trinajstić information content (AvgIpc) is 3.14. The molecule has 0 unspecified atom stereocenters. The van der Waals surface area contributed by atoms with Crippen molar-refractivity contribution in [1.29, 1.82) is 0 Å². The summed E-state index contributed by atoms with van der Waals surface area (Å²) < 4.78 is 15.2. The van der Waals surface area contributed by atoms with Gasteiger partial charge in [-0.1, -0.05) is 17.7 Å². The van der Waals surface area contributed by atoms with Gasteiger partial charge in [-0.25, -0.2) is 14.6 Å². The van der Waals surface area contributed by atoms with Crippen LogP contribution in [0.5, 0.6) is 0 Å². The first-order chi connectivity index (χ1) is 13.0. The largest absolute Gasteiger partial charge is 0.464 e. The number of benzene rings is 1. The second-order valence-corrected chi connectivity index (χ2v) is 5.89. The van der Waals surface area contributed by atoms with E-state index in [2.05, 4.69) is 15.0 Å². The Kier molecular flexibility index (Phi) is 7.81. The molecular formula is C19H25N3O5. The zero-order valence-electron chi connectivity index (χ0n) is 15.9. The molecule has 8 nitrogen and oxygen atoms in total. The molecule has 1 heterocycles. The van der Waals surface area contributed by atoms with Crippen LogP contribution in [-0.4, -0.2) is 48.8 Å². The van der Waals surface area contributed by atoms with Gasteiger partial charge in [0.1, 0.15) is 6.26 Å². The average molecular weight is 375 g/mol. The van der Waals surface area contributed by atoms with Gasteiger partial charge in [0.25, 0.3) is 0 Å². The molecule has 0 bridgehead atoms. The van der Waals surface area contributed by atoms with E-state index in [1.54, 1.807) is 4.90 Å². The van der Waals surface area contributed by atoms with E-state index in [0.717, 1.165) is 5.56 Å². The molecule has 0 fully saturated rings. The molecule has 146 valence electrons. The lowest BCUT2D eigenvalue weighted by molar-refractivity contribution is 0.0594. The number of hydrogen-bond donors (Lipinski definition) is 1. The number of esters is 1. The Morgan fingerprint density at radius 2 is 2.00 bits per heavy atom. The Bertz CT molecular complexity index is 742. The minimum Gasteiger partial charge on any atom is -0.464 e. The molecule has 0 radical (unpaired) electrons. The molecule has 2 amide bonds. The molecule has 0 atom stereocenters.